The largest absolute Gasteiger partial charge is 0.444 e. The zero-order valence-electron chi connectivity index (χ0n) is 15.2. The summed E-state index contributed by atoms with van der Waals surface area (Å²) in [6.45, 7) is 6.15. The van der Waals surface area contributed by atoms with Crippen molar-refractivity contribution in [3.8, 4) is 0 Å². The Kier molecular flexibility index (Phi) is 5.35. The topological polar surface area (TPSA) is 87.3 Å². The van der Waals surface area contributed by atoms with Crippen molar-refractivity contribution in [2.75, 3.05) is 11.9 Å². The fourth-order valence-electron chi connectivity index (χ4n) is 2.76. The number of para-hydroxylation sites is 1. The molecule has 144 valence electrons. The van der Waals surface area contributed by atoms with Gasteiger partial charge in [-0.05, 0) is 32.9 Å². The highest BCUT2D eigenvalue weighted by atomic mass is 35.5. The van der Waals surface area contributed by atoms with Crippen molar-refractivity contribution in [1.29, 1.82) is 0 Å². The molecule has 2 N–H and O–H groups in total. The van der Waals surface area contributed by atoms with E-state index in [1.54, 1.807) is 23.1 Å². The fourth-order valence-corrected chi connectivity index (χ4v) is 3.25. The summed E-state index contributed by atoms with van der Waals surface area (Å²) >= 11 is 12.2. The van der Waals surface area contributed by atoms with Crippen LogP contribution in [0.1, 0.15) is 42.5 Å². The lowest BCUT2D eigenvalue weighted by Crippen LogP contribution is -2.40. The Morgan fingerprint density at radius 1 is 1.26 bits per heavy atom. The highest BCUT2D eigenvalue weighted by Crippen LogP contribution is 2.31. The fraction of sp³-hybridized carbons (Fsp3) is 0.389. The van der Waals surface area contributed by atoms with Gasteiger partial charge in [-0.2, -0.15) is 5.10 Å². The predicted octanol–water partition coefficient (Wildman–Crippen LogP) is 4.26. The van der Waals surface area contributed by atoms with E-state index in [1.165, 1.54) is 0 Å². The molecule has 0 bridgehead atoms. The van der Waals surface area contributed by atoms with E-state index < -0.39 is 17.6 Å². The predicted molar refractivity (Wildman–Crippen MR) is 103 cm³/mol. The summed E-state index contributed by atoms with van der Waals surface area (Å²) in [6.07, 6.45) is 0.136. The van der Waals surface area contributed by atoms with Gasteiger partial charge in [0, 0.05) is 24.2 Å². The van der Waals surface area contributed by atoms with Crippen LogP contribution in [0.4, 0.5) is 10.5 Å². The van der Waals surface area contributed by atoms with Gasteiger partial charge in [0.25, 0.3) is 5.91 Å². The summed E-state index contributed by atoms with van der Waals surface area (Å²) in [5.41, 5.74) is 1.42. The average molecular weight is 411 g/mol. The Bertz CT molecular complexity index is 869. The standard InChI is InChI=1S/C18H20Cl2N4O3/c1-18(2,3)27-17(26)24-8-7-13-10(9-24)14(23-22-13)16(25)21-15-11(19)5-4-6-12(15)20/h4-6H,7-9H2,1-3H3,(H,21,25)(H,22,23). The molecule has 2 amide bonds. The summed E-state index contributed by atoms with van der Waals surface area (Å²) in [5, 5.41) is 10.3. The number of aromatic amines is 1. The lowest BCUT2D eigenvalue weighted by atomic mass is 10.1. The number of benzene rings is 1. The van der Waals surface area contributed by atoms with Gasteiger partial charge in [0.05, 0.1) is 22.3 Å². The molecule has 0 saturated carbocycles. The van der Waals surface area contributed by atoms with Crippen LogP contribution in [0.5, 0.6) is 0 Å². The minimum absolute atomic E-state index is 0.203. The number of H-pyrrole nitrogens is 1. The normalized spacial score (nSPS) is 13.9. The summed E-state index contributed by atoms with van der Waals surface area (Å²) < 4.78 is 5.42. The molecule has 0 fully saturated rings. The van der Waals surface area contributed by atoms with Crippen LogP contribution in [0.25, 0.3) is 0 Å². The lowest BCUT2D eigenvalue weighted by Gasteiger charge is -2.30. The molecule has 0 aliphatic carbocycles. The smallest absolute Gasteiger partial charge is 0.410 e. The number of anilines is 1. The lowest BCUT2D eigenvalue weighted by molar-refractivity contribution is 0.0222. The number of halogens is 2. The van der Waals surface area contributed by atoms with E-state index in [0.717, 1.165) is 5.69 Å². The van der Waals surface area contributed by atoms with Gasteiger partial charge in [-0.3, -0.25) is 9.89 Å². The Hall–Kier alpha value is -2.25. The minimum atomic E-state index is -0.589. The highest BCUT2D eigenvalue weighted by molar-refractivity contribution is 6.40. The van der Waals surface area contributed by atoms with Gasteiger partial charge in [-0.15, -0.1) is 0 Å². The molecule has 0 spiro atoms. The van der Waals surface area contributed by atoms with Crippen molar-refractivity contribution in [2.24, 2.45) is 0 Å². The summed E-state index contributed by atoms with van der Waals surface area (Å²) in [7, 11) is 0. The number of amides is 2. The third-order valence-electron chi connectivity index (χ3n) is 4.00. The second kappa shape index (κ2) is 7.40. The number of fused-ring (bicyclic) bond motifs is 1. The van der Waals surface area contributed by atoms with Crippen LogP contribution >= 0.6 is 23.2 Å². The van der Waals surface area contributed by atoms with Gasteiger partial charge in [0.2, 0.25) is 0 Å². The van der Waals surface area contributed by atoms with E-state index in [-0.39, 0.29) is 12.2 Å². The van der Waals surface area contributed by atoms with E-state index in [0.29, 0.717) is 34.3 Å². The molecule has 27 heavy (non-hydrogen) atoms. The number of ether oxygens (including phenoxy) is 1. The number of nitrogens with zero attached hydrogens (tertiary/aromatic N) is 2. The molecule has 0 radical (unpaired) electrons. The number of hydrogen-bond acceptors (Lipinski definition) is 4. The van der Waals surface area contributed by atoms with Gasteiger partial charge in [0.1, 0.15) is 5.60 Å². The van der Waals surface area contributed by atoms with Crippen molar-refractivity contribution < 1.29 is 14.3 Å². The SMILES string of the molecule is CC(C)(C)OC(=O)N1CCc2[nH]nc(C(=O)Nc3c(Cl)cccc3Cl)c2C1. The number of aromatic nitrogens is 2. The van der Waals surface area contributed by atoms with Crippen molar-refractivity contribution in [3.63, 3.8) is 0 Å². The van der Waals surface area contributed by atoms with Crippen LogP contribution in [0.3, 0.4) is 0 Å². The first-order chi connectivity index (χ1) is 12.7. The highest BCUT2D eigenvalue weighted by Gasteiger charge is 2.30. The molecule has 0 unspecified atom stereocenters. The molecule has 0 atom stereocenters. The second-order valence-electron chi connectivity index (χ2n) is 7.23. The molecule has 7 nitrogen and oxygen atoms in total. The number of carbonyl (C=O) groups is 2. The molecule has 2 aromatic rings. The number of nitrogens with one attached hydrogen (secondary N) is 2. The van der Waals surface area contributed by atoms with Crippen LogP contribution in [0.15, 0.2) is 18.2 Å². The minimum Gasteiger partial charge on any atom is -0.444 e. The van der Waals surface area contributed by atoms with Gasteiger partial charge < -0.3 is 15.0 Å². The van der Waals surface area contributed by atoms with Gasteiger partial charge in [-0.25, -0.2) is 4.79 Å². The van der Waals surface area contributed by atoms with E-state index in [4.69, 9.17) is 27.9 Å². The average Bonchev–Trinajstić information content (AvgIpc) is 3.00. The van der Waals surface area contributed by atoms with E-state index in [9.17, 15) is 9.59 Å². The van der Waals surface area contributed by atoms with E-state index >= 15 is 0 Å². The molecular formula is C18H20Cl2N4O3. The quantitative estimate of drug-likeness (QED) is 0.773. The number of hydrogen-bond donors (Lipinski definition) is 2. The molecule has 1 aromatic heterocycles. The zero-order chi connectivity index (χ0) is 19.8. The van der Waals surface area contributed by atoms with Crippen molar-refractivity contribution in [1.82, 2.24) is 15.1 Å². The summed E-state index contributed by atoms with van der Waals surface area (Å²) in [5.74, 6) is -0.450. The van der Waals surface area contributed by atoms with Crippen molar-refractivity contribution in [2.45, 2.75) is 39.3 Å². The van der Waals surface area contributed by atoms with Gasteiger partial charge in [-0.1, -0.05) is 29.3 Å². The zero-order valence-corrected chi connectivity index (χ0v) is 16.7. The molecule has 1 aliphatic rings. The van der Waals surface area contributed by atoms with Crippen molar-refractivity contribution >= 4 is 40.9 Å². The van der Waals surface area contributed by atoms with Crippen LogP contribution in [0.2, 0.25) is 10.0 Å². The number of carbonyl (C=O) groups excluding carboxylic acids is 2. The molecular weight excluding hydrogens is 391 g/mol. The molecule has 1 aliphatic heterocycles. The Morgan fingerprint density at radius 3 is 2.56 bits per heavy atom. The monoisotopic (exact) mass is 410 g/mol. The molecule has 3 rings (SSSR count). The van der Waals surface area contributed by atoms with Crippen molar-refractivity contribution in [3.05, 3.63) is 45.2 Å². The van der Waals surface area contributed by atoms with Crippen LogP contribution < -0.4 is 5.32 Å². The van der Waals surface area contributed by atoms with Crippen LogP contribution in [-0.2, 0) is 17.7 Å². The Morgan fingerprint density at radius 2 is 1.93 bits per heavy atom. The Labute approximate surface area is 167 Å². The van der Waals surface area contributed by atoms with Gasteiger partial charge in [0.15, 0.2) is 5.69 Å². The van der Waals surface area contributed by atoms with Crippen LogP contribution in [0, 0.1) is 0 Å². The first-order valence-corrected chi connectivity index (χ1v) is 9.20. The van der Waals surface area contributed by atoms with Gasteiger partial charge >= 0.3 is 6.09 Å². The summed E-state index contributed by atoms with van der Waals surface area (Å²) in [6, 6.07) is 4.95. The molecule has 9 heteroatoms. The second-order valence-corrected chi connectivity index (χ2v) is 8.05. The maximum absolute atomic E-state index is 12.7. The maximum atomic E-state index is 12.7. The molecule has 2 heterocycles. The Balaban J connectivity index is 1.80. The number of rotatable bonds is 2. The van der Waals surface area contributed by atoms with E-state index in [2.05, 4.69) is 15.5 Å². The van der Waals surface area contributed by atoms with Crippen LogP contribution in [-0.4, -0.2) is 39.2 Å². The maximum Gasteiger partial charge on any atom is 0.410 e. The molecule has 1 aromatic carbocycles. The summed E-state index contributed by atoms with van der Waals surface area (Å²) in [4.78, 5) is 26.6. The van der Waals surface area contributed by atoms with E-state index in [1.807, 2.05) is 20.8 Å². The first-order valence-electron chi connectivity index (χ1n) is 8.45. The third-order valence-corrected chi connectivity index (χ3v) is 4.63. The molecule has 0 saturated heterocycles. The third kappa shape index (κ3) is 4.36. The first kappa shape index (κ1) is 19.5.